The zero-order valence-corrected chi connectivity index (χ0v) is 16.5. The molecule has 1 N–H and O–H groups in total. The van der Waals surface area contributed by atoms with Crippen LogP contribution in [0.25, 0.3) is 0 Å². The number of carboxylic acid groups (broad SMARTS) is 1. The lowest BCUT2D eigenvalue weighted by Gasteiger charge is -2.12. The zero-order valence-electron chi connectivity index (χ0n) is 15.7. The van der Waals surface area contributed by atoms with E-state index in [4.69, 9.17) is 9.84 Å². The largest absolute Gasteiger partial charge is 0.481 e. The average molecular weight is 407 g/mol. The Morgan fingerprint density at radius 2 is 1.96 bits per heavy atom. The molecule has 0 aliphatic heterocycles. The molecule has 28 heavy (non-hydrogen) atoms. The molecule has 3 rings (SSSR count). The maximum atomic E-state index is 14.3. The van der Waals surface area contributed by atoms with Gasteiger partial charge in [-0.15, -0.1) is 11.8 Å². The van der Waals surface area contributed by atoms with Gasteiger partial charge in [0.05, 0.1) is 16.6 Å². The Balaban J connectivity index is 1.64. The summed E-state index contributed by atoms with van der Waals surface area (Å²) in [4.78, 5) is 15.4. The van der Waals surface area contributed by atoms with Crippen LogP contribution >= 0.6 is 11.8 Å². The normalized spacial score (nSPS) is 15.5. The van der Waals surface area contributed by atoms with Crippen molar-refractivity contribution in [3.8, 4) is 5.75 Å². The monoisotopic (exact) mass is 407 g/mol. The number of nitrogens with zero attached hydrogens (tertiary/aromatic N) is 1. The van der Waals surface area contributed by atoms with Gasteiger partial charge >= 0.3 is 5.97 Å². The zero-order chi connectivity index (χ0) is 20.1. The molecule has 1 saturated carbocycles. The van der Waals surface area contributed by atoms with E-state index in [1.165, 1.54) is 32.6 Å². The van der Waals surface area contributed by atoms with E-state index in [1.54, 1.807) is 17.8 Å². The SMILES string of the molecule is CC(Cc1cc(F)c(OCc2cccc(SC3CCCC3)n2)c(F)c1)C(=O)O. The summed E-state index contributed by atoms with van der Waals surface area (Å²) in [5.41, 5.74) is 0.885. The van der Waals surface area contributed by atoms with Crippen LogP contribution in [0.3, 0.4) is 0 Å². The molecule has 1 heterocycles. The lowest BCUT2D eigenvalue weighted by molar-refractivity contribution is -0.141. The predicted octanol–water partition coefficient (Wildman–Crippen LogP) is 5.24. The minimum Gasteiger partial charge on any atom is -0.481 e. The Labute approximate surface area is 167 Å². The summed E-state index contributed by atoms with van der Waals surface area (Å²) in [6.07, 6.45) is 4.93. The van der Waals surface area contributed by atoms with Gasteiger partial charge in [-0.25, -0.2) is 13.8 Å². The molecule has 1 fully saturated rings. The Morgan fingerprint density at radius 1 is 1.29 bits per heavy atom. The first-order valence-electron chi connectivity index (χ1n) is 9.38. The van der Waals surface area contributed by atoms with Crippen LogP contribution in [0.15, 0.2) is 35.4 Å². The number of ether oxygens (including phenoxy) is 1. The minimum absolute atomic E-state index is 0.0439. The summed E-state index contributed by atoms with van der Waals surface area (Å²) in [7, 11) is 0. The first-order chi connectivity index (χ1) is 13.4. The molecule has 4 nitrogen and oxygen atoms in total. The van der Waals surface area contributed by atoms with Crippen molar-refractivity contribution in [2.45, 2.75) is 55.9 Å². The predicted molar refractivity (Wildman–Crippen MR) is 104 cm³/mol. The minimum atomic E-state index is -1.01. The molecule has 0 saturated heterocycles. The van der Waals surface area contributed by atoms with Gasteiger partial charge in [0.25, 0.3) is 0 Å². The Hall–Kier alpha value is -2.15. The number of hydrogen-bond donors (Lipinski definition) is 1. The van der Waals surface area contributed by atoms with E-state index in [2.05, 4.69) is 4.98 Å². The molecule has 1 aliphatic carbocycles. The summed E-state index contributed by atoms with van der Waals surface area (Å²) >= 11 is 1.74. The van der Waals surface area contributed by atoms with Crippen molar-refractivity contribution in [2.75, 3.05) is 0 Å². The third-order valence-electron chi connectivity index (χ3n) is 4.76. The molecule has 1 unspecified atom stereocenters. The van der Waals surface area contributed by atoms with Crippen LogP contribution in [0.1, 0.15) is 43.9 Å². The van der Waals surface area contributed by atoms with Crippen molar-refractivity contribution in [1.82, 2.24) is 4.98 Å². The van der Waals surface area contributed by atoms with E-state index in [-0.39, 0.29) is 18.6 Å². The van der Waals surface area contributed by atoms with Gasteiger partial charge in [-0.2, -0.15) is 0 Å². The van der Waals surface area contributed by atoms with Crippen LogP contribution in [-0.4, -0.2) is 21.3 Å². The van der Waals surface area contributed by atoms with E-state index in [9.17, 15) is 13.6 Å². The van der Waals surface area contributed by atoms with E-state index in [0.29, 0.717) is 10.9 Å². The quantitative estimate of drug-likeness (QED) is 0.649. The maximum absolute atomic E-state index is 14.3. The number of halogens is 2. The number of carbonyl (C=O) groups is 1. The second kappa shape index (κ2) is 9.37. The van der Waals surface area contributed by atoms with Crippen LogP contribution in [0.4, 0.5) is 8.78 Å². The first-order valence-corrected chi connectivity index (χ1v) is 10.3. The molecule has 1 atom stereocenters. The molecule has 2 aromatic rings. The number of thioether (sulfide) groups is 1. The van der Waals surface area contributed by atoms with Gasteiger partial charge in [-0.1, -0.05) is 25.8 Å². The van der Waals surface area contributed by atoms with Crippen molar-refractivity contribution < 1.29 is 23.4 Å². The molecular weight excluding hydrogens is 384 g/mol. The number of carboxylic acids is 1. The fourth-order valence-corrected chi connectivity index (χ4v) is 4.47. The van der Waals surface area contributed by atoms with Gasteiger partial charge in [0, 0.05) is 5.25 Å². The molecule has 0 radical (unpaired) electrons. The summed E-state index contributed by atoms with van der Waals surface area (Å²) in [6, 6.07) is 7.81. The highest BCUT2D eigenvalue weighted by Crippen LogP contribution is 2.34. The molecule has 0 amide bonds. The highest BCUT2D eigenvalue weighted by molar-refractivity contribution is 7.99. The Kier molecular flexibility index (Phi) is 6.88. The van der Waals surface area contributed by atoms with E-state index < -0.39 is 29.3 Å². The van der Waals surface area contributed by atoms with Crippen molar-refractivity contribution in [1.29, 1.82) is 0 Å². The summed E-state index contributed by atoms with van der Waals surface area (Å²) in [5.74, 6) is -3.90. The number of rotatable bonds is 8. The van der Waals surface area contributed by atoms with Gasteiger partial charge in [0.2, 0.25) is 0 Å². The fraction of sp³-hybridized carbons (Fsp3) is 0.429. The third kappa shape index (κ3) is 5.44. The average Bonchev–Trinajstić information content (AvgIpc) is 3.14. The Bertz CT molecular complexity index is 817. The first kappa shape index (κ1) is 20.6. The molecule has 150 valence electrons. The van der Waals surface area contributed by atoms with Gasteiger partial charge in [0.1, 0.15) is 6.61 Å². The van der Waals surface area contributed by atoms with E-state index in [1.807, 2.05) is 12.1 Å². The maximum Gasteiger partial charge on any atom is 0.306 e. The van der Waals surface area contributed by atoms with Crippen molar-refractivity contribution >= 4 is 17.7 Å². The number of hydrogen-bond acceptors (Lipinski definition) is 4. The van der Waals surface area contributed by atoms with Gasteiger partial charge in [-0.05, 0) is 49.1 Å². The van der Waals surface area contributed by atoms with Crippen molar-refractivity contribution in [3.05, 3.63) is 53.2 Å². The van der Waals surface area contributed by atoms with Crippen LogP contribution in [0.2, 0.25) is 0 Å². The molecule has 0 bridgehead atoms. The second-order valence-corrected chi connectivity index (χ2v) is 8.43. The molecule has 1 aromatic carbocycles. The van der Waals surface area contributed by atoms with Crippen molar-refractivity contribution in [2.24, 2.45) is 5.92 Å². The van der Waals surface area contributed by atoms with Crippen LogP contribution in [-0.2, 0) is 17.8 Å². The summed E-state index contributed by atoms with van der Waals surface area (Å²) in [5, 5.41) is 10.4. The number of pyridine rings is 1. The molecule has 1 aromatic heterocycles. The lowest BCUT2D eigenvalue weighted by Crippen LogP contribution is -2.13. The summed E-state index contributed by atoms with van der Waals surface area (Å²) in [6.45, 7) is 1.45. The third-order valence-corrected chi connectivity index (χ3v) is 6.03. The van der Waals surface area contributed by atoms with Crippen LogP contribution < -0.4 is 4.74 Å². The van der Waals surface area contributed by atoms with E-state index in [0.717, 1.165) is 17.2 Å². The van der Waals surface area contributed by atoms with Gasteiger partial charge < -0.3 is 9.84 Å². The standard InChI is InChI=1S/C21H23F2NO3S/c1-13(21(25)26)9-14-10-17(22)20(18(23)11-14)27-12-15-5-4-8-19(24-15)28-16-6-2-3-7-16/h4-5,8,10-11,13,16H,2-3,6-7,9,12H2,1H3,(H,25,26). The number of benzene rings is 1. The van der Waals surface area contributed by atoms with Crippen molar-refractivity contribution in [3.63, 3.8) is 0 Å². The van der Waals surface area contributed by atoms with Crippen LogP contribution in [0, 0.1) is 17.6 Å². The smallest absolute Gasteiger partial charge is 0.306 e. The van der Waals surface area contributed by atoms with E-state index >= 15 is 0 Å². The highest BCUT2D eigenvalue weighted by atomic mass is 32.2. The van der Waals surface area contributed by atoms with Gasteiger partial charge in [0.15, 0.2) is 17.4 Å². The van der Waals surface area contributed by atoms with Gasteiger partial charge in [-0.3, -0.25) is 4.79 Å². The second-order valence-electron chi connectivity index (χ2n) is 7.11. The molecular formula is C21H23F2NO3S. The van der Waals surface area contributed by atoms with Crippen LogP contribution in [0.5, 0.6) is 5.75 Å². The molecule has 1 aliphatic rings. The lowest BCUT2D eigenvalue weighted by atomic mass is 10.0. The molecule has 7 heteroatoms. The number of aliphatic carboxylic acids is 1. The Morgan fingerprint density at radius 3 is 2.61 bits per heavy atom. The number of aromatic nitrogens is 1. The highest BCUT2D eigenvalue weighted by Gasteiger charge is 2.18. The molecule has 0 spiro atoms. The summed E-state index contributed by atoms with van der Waals surface area (Å²) < 4.78 is 33.9. The topological polar surface area (TPSA) is 59.4 Å². The fourth-order valence-electron chi connectivity index (χ4n) is 3.24.